The van der Waals surface area contributed by atoms with Crippen molar-refractivity contribution >= 4 is 33.7 Å². The summed E-state index contributed by atoms with van der Waals surface area (Å²) < 4.78 is 11.3. The molecule has 20 heavy (non-hydrogen) atoms. The topological polar surface area (TPSA) is 38.8 Å². The van der Waals surface area contributed by atoms with Gasteiger partial charge in [-0.1, -0.05) is 15.9 Å². The maximum atomic E-state index is 11.4. The van der Waals surface area contributed by atoms with Gasteiger partial charge in [0, 0.05) is 29.3 Å². The zero-order valence-electron chi connectivity index (χ0n) is 11.5. The van der Waals surface area contributed by atoms with E-state index < -0.39 is 0 Å². The number of rotatable bonds is 4. The van der Waals surface area contributed by atoms with Crippen molar-refractivity contribution in [3.8, 4) is 0 Å². The summed E-state index contributed by atoms with van der Waals surface area (Å²) in [6.45, 7) is 5.37. The van der Waals surface area contributed by atoms with Crippen LogP contribution < -0.4 is 4.90 Å². The summed E-state index contributed by atoms with van der Waals surface area (Å²) in [4.78, 5) is 13.7. The first-order valence-electron chi connectivity index (χ1n) is 6.68. The highest BCUT2D eigenvalue weighted by molar-refractivity contribution is 9.10. The van der Waals surface area contributed by atoms with E-state index in [0.717, 1.165) is 42.0 Å². The molecule has 1 heterocycles. The predicted octanol–water partition coefficient (Wildman–Crippen LogP) is 2.86. The van der Waals surface area contributed by atoms with Gasteiger partial charge in [-0.2, -0.15) is 0 Å². The number of hydrogen-bond donors (Lipinski definition) is 0. The highest BCUT2D eigenvalue weighted by Gasteiger charge is 2.14. The smallest absolute Gasteiger partial charge is 0.330 e. The molecule has 1 aliphatic rings. The largest absolute Gasteiger partial charge is 0.463 e. The van der Waals surface area contributed by atoms with E-state index in [2.05, 4.69) is 26.9 Å². The third-order valence-electron chi connectivity index (χ3n) is 3.03. The Kier molecular flexibility index (Phi) is 5.61. The first-order chi connectivity index (χ1) is 9.70. The number of halogens is 1. The molecule has 0 atom stereocenters. The van der Waals surface area contributed by atoms with Gasteiger partial charge in [0.1, 0.15) is 0 Å². The number of carbonyl (C=O) groups excluding carboxylic acids is 1. The average molecular weight is 340 g/mol. The fourth-order valence-electron chi connectivity index (χ4n) is 2.10. The zero-order valence-corrected chi connectivity index (χ0v) is 13.1. The Morgan fingerprint density at radius 3 is 2.90 bits per heavy atom. The first-order valence-corrected chi connectivity index (χ1v) is 7.47. The summed E-state index contributed by atoms with van der Waals surface area (Å²) in [5.41, 5.74) is 2.10. The number of nitrogens with zero attached hydrogens (tertiary/aromatic N) is 1. The summed E-state index contributed by atoms with van der Waals surface area (Å²) in [5.74, 6) is -0.319. The maximum absolute atomic E-state index is 11.4. The molecule has 1 aromatic carbocycles. The van der Waals surface area contributed by atoms with Gasteiger partial charge in [0.15, 0.2) is 0 Å². The first kappa shape index (κ1) is 15.1. The second-order valence-electron chi connectivity index (χ2n) is 4.39. The number of morpholine rings is 1. The Morgan fingerprint density at radius 2 is 2.20 bits per heavy atom. The minimum absolute atomic E-state index is 0.319. The molecule has 1 aromatic rings. The van der Waals surface area contributed by atoms with E-state index >= 15 is 0 Å². The van der Waals surface area contributed by atoms with Crippen LogP contribution in [0.25, 0.3) is 6.08 Å². The standard InChI is InChI=1S/C15H18BrNO3/c1-2-20-15(18)6-3-12-11-13(16)4-5-14(12)17-7-9-19-10-8-17/h3-6,11H,2,7-10H2,1H3. The fourth-order valence-corrected chi connectivity index (χ4v) is 2.48. The number of hydrogen-bond acceptors (Lipinski definition) is 4. The van der Waals surface area contributed by atoms with Gasteiger partial charge in [0.2, 0.25) is 0 Å². The van der Waals surface area contributed by atoms with Crippen molar-refractivity contribution in [3.63, 3.8) is 0 Å². The molecule has 0 saturated carbocycles. The molecule has 1 fully saturated rings. The van der Waals surface area contributed by atoms with Gasteiger partial charge >= 0.3 is 5.97 Å². The van der Waals surface area contributed by atoms with Crippen LogP contribution in [0.4, 0.5) is 5.69 Å². The van der Waals surface area contributed by atoms with E-state index in [4.69, 9.17) is 9.47 Å². The number of benzene rings is 1. The molecule has 0 amide bonds. The molecule has 1 aliphatic heterocycles. The predicted molar refractivity (Wildman–Crippen MR) is 82.8 cm³/mol. The minimum Gasteiger partial charge on any atom is -0.463 e. The van der Waals surface area contributed by atoms with Crippen LogP contribution in [0.2, 0.25) is 0 Å². The molecule has 1 saturated heterocycles. The van der Waals surface area contributed by atoms with Crippen LogP contribution in [0.5, 0.6) is 0 Å². The summed E-state index contributed by atoms with van der Waals surface area (Å²) in [7, 11) is 0. The lowest BCUT2D eigenvalue weighted by molar-refractivity contribution is -0.137. The molecule has 0 N–H and O–H groups in total. The van der Waals surface area contributed by atoms with Crippen LogP contribution in [0.1, 0.15) is 12.5 Å². The Labute approximate surface area is 127 Å². The van der Waals surface area contributed by atoms with Crippen LogP contribution >= 0.6 is 15.9 Å². The van der Waals surface area contributed by atoms with E-state index in [1.54, 1.807) is 13.0 Å². The van der Waals surface area contributed by atoms with Crippen LogP contribution in [0.15, 0.2) is 28.7 Å². The van der Waals surface area contributed by atoms with Crippen molar-refractivity contribution in [1.29, 1.82) is 0 Å². The molecule has 2 rings (SSSR count). The van der Waals surface area contributed by atoms with Gasteiger partial charge in [0.05, 0.1) is 19.8 Å². The normalized spacial score (nSPS) is 15.6. The molecule has 0 spiro atoms. The SMILES string of the molecule is CCOC(=O)C=Cc1cc(Br)ccc1N1CCOCC1. The molecule has 5 heteroatoms. The second-order valence-corrected chi connectivity index (χ2v) is 5.30. The zero-order chi connectivity index (χ0) is 14.4. The van der Waals surface area contributed by atoms with Crippen molar-refractivity contribution in [1.82, 2.24) is 0 Å². The van der Waals surface area contributed by atoms with Crippen molar-refractivity contribution < 1.29 is 14.3 Å². The van der Waals surface area contributed by atoms with Crippen LogP contribution in [0.3, 0.4) is 0 Å². The summed E-state index contributed by atoms with van der Waals surface area (Å²) in [6, 6.07) is 6.06. The molecular formula is C15H18BrNO3. The molecular weight excluding hydrogens is 322 g/mol. The van der Waals surface area contributed by atoms with Crippen LogP contribution in [-0.4, -0.2) is 38.9 Å². The van der Waals surface area contributed by atoms with Crippen LogP contribution in [0, 0.1) is 0 Å². The molecule has 0 radical (unpaired) electrons. The third kappa shape index (κ3) is 4.08. The monoisotopic (exact) mass is 339 g/mol. The van der Waals surface area contributed by atoms with Crippen LogP contribution in [-0.2, 0) is 14.3 Å². The van der Waals surface area contributed by atoms with Crippen molar-refractivity contribution in [2.45, 2.75) is 6.92 Å². The number of carbonyl (C=O) groups is 1. The van der Waals surface area contributed by atoms with Crippen molar-refractivity contribution in [2.24, 2.45) is 0 Å². The molecule has 0 unspecified atom stereocenters. The van der Waals surface area contributed by atoms with Gasteiger partial charge in [-0.15, -0.1) is 0 Å². The molecule has 4 nitrogen and oxygen atoms in total. The van der Waals surface area contributed by atoms with E-state index in [1.807, 2.05) is 12.1 Å². The van der Waals surface area contributed by atoms with E-state index in [9.17, 15) is 4.79 Å². The Balaban J connectivity index is 2.21. The van der Waals surface area contributed by atoms with E-state index in [1.165, 1.54) is 6.08 Å². The fraction of sp³-hybridized carbons (Fsp3) is 0.400. The Morgan fingerprint density at radius 1 is 1.45 bits per heavy atom. The lowest BCUT2D eigenvalue weighted by atomic mass is 10.1. The average Bonchev–Trinajstić information content (AvgIpc) is 2.46. The lowest BCUT2D eigenvalue weighted by Gasteiger charge is -2.30. The van der Waals surface area contributed by atoms with Gasteiger partial charge < -0.3 is 14.4 Å². The van der Waals surface area contributed by atoms with E-state index in [0.29, 0.717) is 6.61 Å². The highest BCUT2D eigenvalue weighted by atomic mass is 79.9. The maximum Gasteiger partial charge on any atom is 0.330 e. The number of esters is 1. The Hall–Kier alpha value is -1.33. The Bertz CT molecular complexity index is 496. The molecule has 0 aromatic heterocycles. The van der Waals surface area contributed by atoms with Gasteiger partial charge in [-0.25, -0.2) is 4.79 Å². The summed E-state index contributed by atoms with van der Waals surface area (Å²) >= 11 is 3.46. The summed E-state index contributed by atoms with van der Waals surface area (Å²) in [5, 5.41) is 0. The minimum atomic E-state index is -0.319. The van der Waals surface area contributed by atoms with Gasteiger partial charge in [0.25, 0.3) is 0 Å². The summed E-state index contributed by atoms with van der Waals surface area (Å²) in [6.07, 6.45) is 3.27. The van der Waals surface area contributed by atoms with Gasteiger partial charge in [-0.05, 0) is 36.8 Å². The third-order valence-corrected chi connectivity index (χ3v) is 3.52. The van der Waals surface area contributed by atoms with Gasteiger partial charge in [-0.3, -0.25) is 0 Å². The van der Waals surface area contributed by atoms with Crippen molar-refractivity contribution in [3.05, 3.63) is 34.3 Å². The second kappa shape index (κ2) is 7.45. The molecule has 108 valence electrons. The van der Waals surface area contributed by atoms with E-state index in [-0.39, 0.29) is 5.97 Å². The number of anilines is 1. The highest BCUT2D eigenvalue weighted by Crippen LogP contribution is 2.26. The van der Waals surface area contributed by atoms with Crippen molar-refractivity contribution in [2.75, 3.05) is 37.8 Å². The molecule has 0 bridgehead atoms. The quantitative estimate of drug-likeness (QED) is 0.624. The lowest BCUT2D eigenvalue weighted by Crippen LogP contribution is -2.36. The molecule has 0 aliphatic carbocycles. The number of ether oxygens (including phenoxy) is 2.